The van der Waals surface area contributed by atoms with Gasteiger partial charge in [-0.3, -0.25) is 4.68 Å². The number of carbonyl (C=O) groups is 1. The maximum atomic E-state index is 17.5. The molecular formula is C72H81FN6O5Si. The second-order valence-electron chi connectivity index (χ2n) is 26.2. The second-order valence-corrected chi connectivity index (χ2v) is 31.8. The zero-order valence-electron chi connectivity index (χ0n) is 51.6. The van der Waals surface area contributed by atoms with Gasteiger partial charge in [0, 0.05) is 59.9 Å². The molecule has 85 heavy (non-hydrogen) atoms. The lowest BCUT2D eigenvalue weighted by molar-refractivity contribution is 0.0214. The van der Waals surface area contributed by atoms with Crippen molar-refractivity contribution < 1.29 is 28.1 Å². The fourth-order valence-electron chi connectivity index (χ4n) is 14.4. The average molecular weight is 1160 g/mol. The summed E-state index contributed by atoms with van der Waals surface area (Å²) in [5.41, 5.74) is 15.9. The van der Waals surface area contributed by atoms with Crippen molar-refractivity contribution in [2.24, 2.45) is 0 Å². The molecule has 2 bridgehead atoms. The van der Waals surface area contributed by atoms with E-state index in [0.29, 0.717) is 63.4 Å². The Morgan fingerprint density at radius 2 is 1.38 bits per heavy atom. The van der Waals surface area contributed by atoms with Crippen LogP contribution >= 0.6 is 0 Å². The third-order valence-corrected chi connectivity index (χ3v) is 25.2. The van der Waals surface area contributed by atoms with Crippen molar-refractivity contribution in [1.82, 2.24) is 24.6 Å². The van der Waals surface area contributed by atoms with Crippen molar-refractivity contribution in [2.75, 3.05) is 31.7 Å². The zero-order valence-corrected chi connectivity index (χ0v) is 52.6. The summed E-state index contributed by atoms with van der Waals surface area (Å²) in [6.07, 6.45) is 6.11. The van der Waals surface area contributed by atoms with Gasteiger partial charge in [0.05, 0.1) is 23.7 Å². The number of benzene rings is 6. The molecule has 6 aromatic carbocycles. The average Bonchev–Trinajstić information content (AvgIpc) is 3.14. The highest BCUT2D eigenvalue weighted by molar-refractivity contribution is 6.90. The molecule has 4 heterocycles. The summed E-state index contributed by atoms with van der Waals surface area (Å²) >= 11 is 0. The SMILES string of the molecule is CO[C@@H](C)COc1nc(N2C[C@@H]3C[C@H]2CN3C(=O)OC(C)(C)C)c2cc(C3CC3)c(-c3c(C)c(F)cc4nn(C(c5ccccc5)(c5ccccc5)c5ccccc5)cc34)c(OCc3ccc(C#C[Si](C(C)C)(C(C)C)C(C)C)c4c3CC4)c2n1. The summed E-state index contributed by atoms with van der Waals surface area (Å²) < 4.78 is 45.3. The van der Waals surface area contributed by atoms with Crippen LogP contribution in [-0.4, -0.2) is 89.4 Å². The maximum Gasteiger partial charge on any atom is 0.410 e. The molecule has 2 aliphatic carbocycles. The minimum atomic E-state index is -1.99. The molecule has 11 nitrogen and oxygen atoms in total. The minimum absolute atomic E-state index is 0.0419. The first-order chi connectivity index (χ1) is 40.8. The first-order valence-corrected chi connectivity index (χ1v) is 33.0. The molecule has 1 amide bonds. The number of piperazine rings is 1. The summed E-state index contributed by atoms with van der Waals surface area (Å²) in [6, 6.07) is 39.7. The van der Waals surface area contributed by atoms with E-state index in [9.17, 15) is 4.79 Å². The zero-order chi connectivity index (χ0) is 59.7. The van der Waals surface area contributed by atoms with Gasteiger partial charge in [-0.15, -0.1) is 5.54 Å². The molecule has 2 aromatic heterocycles. The topological polar surface area (TPSA) is 104 Å². The van der Waals surface area contributed by atoms with E-state index in [1.807, 2.05) is 62.4 Å². The normalized spacial score (nSPS) is 17.2. The molecule has 12 rings (SSSR count). The number of aromatic nitrogens is 4. The monoisotopic (exact) mass is 1160 g/mol. The number of rotatable bonds is 17. The van der Waals surface area contributed by atoms with Gasteiger partial charge in [0.25, 0.3) is 0 Å². The van der Waals surface area contributed by atoms with Crippen LogP contribution < -0.4 is 14.4 Å². The summed E-state index contributed by atoms with van der Waals surface area (Å²) in [7, 11) is -0.332. The first kappa shape index (κ1) is 57.9. The third kappa shape index (κ3) is 10.3. The van der Waals surface area contributed by atoms with Crippen LogP contribution in [0.3, 0.4) is 0 Å². The molecule has 440 valence electrons. The molecule has 13 heteroatoms. The van der Waals surface area contributed by atoms with Crippen LogP contribution in [0.15, 0.2) is 121 Å². The highest BCUT2D eigenvalue weighted by Crippen LogP contribution is 2.55. The number of likely N-dealkylation sites (tertiary alicyclic amines) is 1. The molecule has 1 saturated carbocycles. The number of hydrogen-bond donors (Lipinski definition) is 0. The van der Waals surface area contributed by atoms with Gasteiger partial charge >= 0.3 is 12.1 Å². The van der Waals surface area contributed by atoms with E-state index in [1.54, 1.807) is 13.2 Å². The Morgan fingerprint density at radius 1 is 0.753 bits per heavy atom. The van der Waals surface area contributed by atoms with Crippen molar-refractivity contribution in [3.8, 4) is 34.4 Å². The van der Waals surface area contributed by atoms with Gasteiger partial charge in [0.2, 0.25) is 0 Å². The number of ether oxygens (including phenoxy) is 4. The minimum Gasteiger partial charge on any atom is -0.486 e. The van der Waals surface area contributed by atoms with Gasteiger partial charge in [0.1, 0.15) is 49.6 Å². The van der Waals surface area contributed by atoms with Gasteiger partial charge in [0.15, 0.2) is 5.75 Å². The Hall–Kier alpha value is -7.53. The van der Waals surface area contributed by atoms with E-state index in [2.05, 4.69) is 155 Å². The third-order valence-electron chi connectivity index (χ3n) is 18.9. The number of methoxy groups -OCH3 is 1. The van der Waals surface area contributed by atoms with Crippen molar-refractivity contribution in [3.63, 3.8) is 0 Å². The van der Waals surface area contributed by atoms with Gasteiger partial charge in [-0.05, 0) is 146 Å². The van der Waals surface area contributed by atoms with Crippen molar-refractivity contribution in [2.45, 2.75) is 167 Å². The lowest BCUT2D eigenvalue weighted by Gasteiger charge is -2.38. The van der Waals surface area contributed by atoms with E-state index >= 15 is 4.39 Å². The van der Waals surface area contributed by atoms with E-state index in [-0.39, 0.29) is 55.2 Å². The fourth-order valence-corrected chi connectivity index (χ4v) is 19.7. The molecule has 0 unspecified atom stereocenters. The summed E-state index contributed by atoms with van der Waals surface area (Å²) in [5.74, 6) is 4.82. The number of amides is 1. The summed E-state index contributed by atoms with van der Waals surface area (Å²) in [5, 5.41) is 7.09. The van der Waals surface area contributed by atoms with Crippen LogP contribution in [0.5, 0.6) is 11.8 Å². The molecule has 0 spiro atoms. The highest BCUT2D eigenvalue weighted by Gasteiger charge is 2.49. The summed E-state index contributed by atoms with van der Waals surface area (Å²) in [6.45, 7) is 25.2. The Bertz CT molecular complexity index is 3760. The maximum absolute atomic E-state index is 17.5. The molecule has 0 radical (unpaired) electrons. The van der Waals surface area contributed by atoms with E-state index < -0.39 is 19.2 Å². The van der Waals surface area contributed by atoms with E-state index in [1.165, 1.54) is 11.1 Å². The highest BCUT2D eigenvalue weighted by atomic mass is 28.3. The molecule has 0 N–H and O–H groups in total. The van der Waals surface area contributed by atoms with Crippen molar-refractivity contribution in [1.29, 1.82) is 0 Å². The molecule has 2 aliphatic heterocycles. The fraction of sp³-hybridized carbons (Fsp3) is 0.417. The smallest absolute Gasteiger partial charge is 0.410 e. The Kier molecular flexibility index (Phi) is 15.5. The number of anilines is 1. The molecule has 8 aromatic rings. The van der Waals surface area contributed by atoms with Crippen LogP contribution in [0.1, 0.15) is 144 Å². The Morgan fingerprint density at radius 3 is 1.92 bits per heavy atom. The number of nitrogens with zero attached hydrogens (tertiary/aromatic N) is 6. The van der Waals surface area contributed by atoms with E-state index in [0.717, 1.165) is 81.8 Å². The molecular weight excluding hydrogens is 1080 g/mol. The molecule has 3 fully saturated rings. The van der Waals surface area contributed by atoms with Crippen molar-refractivity contribution >= 4 is 41.8 Å². The molecule has 4 aliphatic rings. The van der Waals surface area contributed by atoms with Gasteiger partial charge in [-0.2, -0.15) is 15.1 Å². The second kappa shape index (κ2) is 22.7. The standard InChI is InChI=1S/C72H81FN6O5Si/c1-44(2)85(45(3)4,46(5)6)35-34-50-30-31-51(58-33-32-57(50)58)43-82-67-65(64-48(8)62(73)38-63-61(64)41-79(76-63)72(52-22-16-13-17-23-52,53-24-18-14-19-25-53)54-26-20-15-21-27-54)59(49-28-29-49)37-60-66(67)74-69(83-42-47(7)81-12)75-68(60)77-39-56-36-55(77)40-78(56)70(80)84-71(9,10)11/h13-27,30-31,37-38,41,44-47,49,55-56H,28-29,32-33,36,39-40,42-43H2,1-12H3/t47-,55-,56-/m0/s1. The molecule has 3 atom stereocenters. The van der Waals surface area contributed by atoms with Gasteiger partial charge in [-0.1, -0.05) is 145 Å². The van der Waals surface area contributed by atoms with E-state index in [4.69, 9.17) is 34.0 Å². The summed E-state index contributed by atoms with van der Waals surface area (Å²) in [4.78, 5) is 28.5. The largest absolute Gasteiger partial charge is 0.486 e. The van der Waals surface area contributed by atoms with Crippen LogP contribution in [0.4, 0.5) is 15.0 Å². The number of hydrogen-bond acceptors (Lipinski definition) is 9. The van der Waals surface area contributed by atoms with Gasteiger partial charge < -0.3 is 28.7 Å². The predicted octanol–water partition coefficient (Wildman–Crippen LogP) is 15.7. The first-order valence-electron chi connectivity index (χ1n) is 30.8. The van der Waals surface area contributed by atoms with Crippen LogP contribution in [0.25, 0.3) is 32.9 Å². The quantitative estimate of drug-likeness (QED) is 0.0501. The Labute approximate surface area is 502 Å². The van der Waals surface area contributed by atoms with Gasteiger partial charge in [-0.25, -0.2) is 9.18 Å². The number of fused-ring (bicyclic) bond motifs is 5. The Balaban J connectivity index is 1.09. The van der Waals surface area contributed by atoms with Crippen molar-refractivity contribution in [3.05, 3.63) is 177 Å². The predicted molar refractivity (Wildman–Crippen MR) is 340 cm³/mol. The number of carbonyl (C=O) groups excluding carboxylic acids is 1. The lowest BCUT2D eigenvalue weighted by Crippen LogP contribution is -2.50. The van der Waals surface area contributed by atoms with Crippen LogP contribution in [0, 0.1) is 24.2 Å². The van der Waals surface area contributed by atoms with Crippen LogP contribution in [0.2, 0.25) is 16.6 Å². The van der Waals surface area contributed by atoms with Crippen LogP contribution in [-0.2, 0) is 34.5 Å². The number of halogens is 1. The molecule has 2 saturated heterocycles. The lowest BCUT2D eigenvalue weighted by atomic mass is 9.77.